The van der Waals surface area contributed by atoms with Gasteiger partial charge in [0.2, 0.25) is 0 Å². The Morgan fingerprint density at radius 2 is 2.22 bits per heavy atom. The number of nitrogens with zero attached hydrogens (tertiary/aromatic N) is 1. The van der Waals surface area contributed by atoms with Crippen LogP contribution in [0.3, 0.4) is 0 Å². The normalized spacial score (nSPS) is 12.2. The van der Waals surface area contributed by atoms with Crippen LogP contribution < -0.4 is 10.1 Å². The summed E-state index contributed by atoms with van der Waals surface area (Å²) in [5, 5.41) is 12.5. The number of ketones is 1. The second-order valence-electron chi connectivity index (χ2n) is 5.43. The van der Waals surface area contributed by atoms with E-state index in [9.17, 15) is 10.1 Å². The SMILES string of the molecule is CC(=O)c1ccc(C#N)c(NCc2cc(Br)cc3c2OCC3)c1. The minimum Gasteiger partial charge on any atom is -0.493 e. The second-order valence-corrected chi connectivity index (χ2v) is 6.35. The first kappa shape index (κ1) is 15.6. The number of hydrogen-bond acceptors (Lipinski definition) is 4. The molecule has 0 bridgehead atoms. The molecule has 23 heavy (non-hydrogen) atoms. The van der Waals surface area contributed by atoms with E-state index in [4.69, 9.17) is 4.74 Å². The van der Waals surface area contributed by atoms with Crippen molar-refractivity contribution in [3.8, 4) is 11.8 Å². The molecule has 0 spiro atoms. The number of nitriles is 1. The third-order valence-electron chi connectivity index (χ3n) is 3.84. The zero-order valence-electron chi connectivity index (χ0n) is 12.6. The van der Waals surface area contributed by atoms with Crippen molar-refractivity contribution >= 4 is 27.4 Å². The fourth-order valence-corrected chi connectivity index (χ4v) is 3.23. The van der Waals surface area contributed by atoms with Crippen LogP contribution >= 0.6 is 15.9 Å². The molecule has 1 heterocycles. The predicted octanol–water partition coefficient (Wildman–Crippen LogP) is 4.07. The van der Waals surface area contributed by atoms with E-state index in [0.717, 1.165) is 22.2 Å². The molecule has 0 aromatic heterocycles. The van der Waals surface area contributed by atoms with Gasteiger partial charge in [0.25, 0.3) is 0 Å². The molecule has 0 saturated carbocycles. The largest absolute Gasteiger partial charge is 0.493 e. The van der Waals surface area contributed by atoms with Gasteiger partial charge < -0.3 is 10.1 Å². The number of fused-ring (bicyclic) bond motifs is 1. The fourth-order valence-electron chi connectivity index (χ4n) is 2.67. The number of benzene rings is 2. The minimum absolute atomic E-state index is 0.0239. The van der Waals surface area contributed by atoms with Gasteiger partial charge in [0, 0.05) is 28.6 Å². The van der Waals surface area contributed by atoms with Crippen LogP contribution in [0.2, 0.25) is 0 Å². The molecule has 0 fully saturated rings. The molecule has 0 unspecified atom stereocenters. The first-order valence-corrected chi connectivity index (χ1v) is 8.11. The maximum atomic E-state index is 11.5. The van der Waals surface area contributed by atoms with Crippen LogP contribution in [-0.4, -0.2) is 12.4 Å². The molecule has 2 aromatic rings. The van der Waals surface area contributed by atoms with Crippen LogP contribution in [0.25, 0.3) is 0 Å². The van der Waals surface area contributed by atoms with Crippen LogP contribution in [0.15, 0.2) is 34.8 Å². The van der Waals surface area contributed by atoms with Crippen molar-refractivity contribution in [3.63, 3.8) is 0 Å². The van der Waals surface area contributed by atoms with E-state index in [1.54, 1.807) is 18.2 Å². The lowest BCUT2D eigenvalue weighted by molar-refractivity contribution is 0.101. The van der Waals surface area contributed by atoms with Gasteiger partial charge in [-0.25, -0.2) is 0 Å². The summed E-state index contributed by atoms with van der Waals surface area (Å²) in [6, 6.07) is 11.3. The molecule has 0 atom stereocenters. The van der Waals surface area contributed by atoms with Crippen molar-refractivity contribution < 1.29 is 9.53 Å². The van der Waals surface area contributed by atoms with E-state index in [0.29, 0.717) is 30.0 Å². The van der Waals surface area contributed by atoms with E-state index in [1.807, 2.05) is 6.07 Å². The topological polar surface area (TPSA) is 62.1 Å². The number of hydrogen-bond donors (Lipinski definition) is 1. The maximum Gasteiger partial charge on any atom is 0.159 e. The van der Waals surface area contributed by atoms with Gasteiger partial charge in [-0.15, -0.1) is 0 Å². The predicted molar refractivity (Wildman–Crippen MR) is 91.8 cm³/mol. The van der Waals surface area contributed by atoms with Crippen LogP contribution in [0.5, 0.6) is 5.75 Å². The van der Waals surface area contributed by atoms with Gasteiger partial charge in [0.05, 0.1) is 17.9 Å². The first-order valence-electron chi connectivity index (χ1n) is 7.31. The second kappa shape index (κ2) is 6.43. The summed E-state index contributed by atoms with van der Waals surface area (Å²) in [7, 11) is 0. The Balaban J connectivity index is 1.88. The maximum absolute atomic E-state index is 11.5. The number of anilines is 1. The molecule has 116 valence electrons. The lowest BCUT2D eigenvalue weighted by atomic mass is 10.1. The number of carbonyl (C=O) groups is 1. The molecular weight excluding hydrogens is 356 g/mol. The molecule has 5 heteroatoms. The monoisotopic (exact) mass is 370 g/mol. The number of ether oxygens (including phenoxy) is 1. The number of carbonyl (C=O) groups excluding carboxylic acids is 1. The van der Waals surface area contributed by atoms with Crippen LogP contribution in [0.4, 0.5) is 5.69 Å². The van der Waals surface area contributed by atoms with Crippen molar-refractivity contribution in [1.82, 2.24) is 0 Å². The van der Waals surface area contributed by atoms with E-state index in [1.165, 1.54) is 12.5 Å². The Labute approximate surface area is 143 Å². The van der Waals surface area contributed by atoms with Crippen molar-refractivity contribution in [1.29, 1.82) is 5.26 Å². The Hall–Kier alpha value is -2.32. The number of rotatable bonds is 4. The average Bonchev–Trinajstić information content (AvgIpc) is 3.00. The van der Waals surface area contributed by atoms with E-state index < -0.39 is 0 Å². The highest BCUT2D eigenvalue weighted by molar-refractivity contribution is 9.10. The number of Topliss-reactive ketones (excluding diaryl/α,β-unsaturated/α-hetero) is 1. The molecule has 0 aliphatic carbocycles. The number of halogens is 1. The average molecular weight is 371 g/mol. The van der Waals surface area contributed by atoms with E-state index >= 15 is 0 Å². The lowest BCUT2D eigenvalue weighted by Gasteiger charge is -2.13. The van der Waals surface area contributed by atoms with Crippen molar-refractivity contribution in [2.75, 3.05) is 11.9 Å². The summed E-state index contributed by atoms with van der Waals surface area (Å²) in [6.07, 6.45) is 0.908. The lowest BCUT2D eigenvalue weighted by Crippen LogP contribution is -2.05. The Morgan fingerprint density at radius 3 is 2.96 bits per heavy atom. The molecule has 4 nitrogen and oxygen atoms in total. The summed E-state index contributed by atoms with van der Waals surface area (Å²) in [6.45, 7) is 2.74. The highest BCUT2D eigenvalue weighted by Crippen LogP contribution is 2.33. The molecule has 3 rings (SSSR count). The molecule has 0 saturated heterocycles. The zero-order valence-corrected chi connectivity index (χ0v) is 14.2. The third kappa shape index (κ3) is 3.22. The molecule has 0 radical (unpaired) electrons. The summed E-state index contributed by atoms with van der Waals surface area (Å²) >= 11 is 3.52. The summed E-state index contributed by atoms with van der Waals surface area (Å²) < 4.78 is 6.72. The third-order valence-corrected chi connectivity index (χ3v) is 4.30. The van der Waals surface area contributed by atoms with Gasteiger partial charge in [-0.1, -0.05) is 15.9 Å². The zero-order chi connectivity index (χ0) is 16.4. The van der Waals surface area contributed by atoms with E-state index in [2.05, 4.69) is 33.4 Å². The van der Waals surface area contributed by atoms with Crippen molar-refractivity contribution in [3.05, 3.63) is 57.1 Å². The Morgan fingerprint density at radius 1 is 1.39 bits per heavy atom. The summed E-state index contributed by atoms with van der Waals surface area (Å²) in [4.78, 5) is 11.5. The van der Waals surface area contributed by atoms with Crippen molar-refractivity contribution in [2.45, 2.75) is 19.9 Å². The molecule has 0 amide bonds. The minimum atomic E-state index is -0.0239. The smallest absolute Gasteiger partial charge is 0.159 e. The summed E-state index contributed by atoms with van der Waals surface area (Å²) in [5.41, 5.74) is 3.98. The van der Waals surface area contributed by atoms with Gasteiger partial charge in [-0.05, 0) is 42.8 Å². The van der Waals surface area contributed by atoms with Crippen molar-refractivity contribution in [2.24, 2.45) is 0 Å². The van der Waals surface area contributed by atoms with Gasteiger partial charge >= 0.3 is 0 Å². The molecule has 2 aromatic carbocycles. The first-order chi connectivity index (χ1) is 11.1. The molecule has 1 aliphatic rings. The van der Waals surface area contributed by atoms with Crippen LogP contribution in [0.1, 0.15) is 34.0 Å². The van der Waals surface area contributed by atoms with Gasteiger partial charge in [-0.2, -0.15) is 5.26 Å². The van der Waals surface area contributed by atoms with E-state index in [-0.39, 0.29) is 5.78 Å². The van der Waals surface area contributed by atoms with Gasteiger partial charge in [0.1, 0.15) is 11.8 Å². The van der Waals surface area contributed by atoms with Crippen LogP contribution in [-0.2, 0) is 13.0 Å². The molecule has 1 N–H and O–H groups in total. The highest BCUT2D eigenvalue weighted by Gasteiger charge is 2.17. The van der Waals surface area contributed by atoms with Crippen LogP contribution in [0, 0.1) is 11.3 Å². The standard InChI is InChI=1S/C18H15BrN2O2/c1-11(22)12-2-3-14(9-20)17(8-12)21-10-15-7-16(19)6-13-4-5-23-18(13)15/h2-3,6-8,21H,4-5,10H2,1H3. The molecular formula is C18H15BrN2O2. The van der Waals surface area contributed by atoms with Gasteiger partial charge in [0.15, 0.2) is 5.78 Å². The number of nitrogens with one attached hydrogen (secondary N) is 1. The quantitative estimate of drug-likeness (QED) is 0.823. The molecule has 1 aliphatic heterocycles. The van der Waals surface area contributed by atoms with Gasteiger partial charge in [-0.3, -0.25) is 4.79 Å². The fraction of sp³-hybridized carbons (Fsp3) is 0.222. The summed E-state index contributed by atoms with van der Waals surface area (Å²) in [5.74, 6) is 0.895. The Kier molecular flexibility index (Phi) is 4.35. The highest BCUT2D eigenvalue weighted by atomic mass is 79.9. The Bertz CT molecular complexity index is 825.